The van der Waals surface area contributed by atoms with E-state index >= 15 is 0 Å². The predicted octanol–water partition coefficient (Wildman–Crippen LogP) is 6.32. The zero-order valence-electron chi connectivity index (χ0n) is 21.6. The molecule has 0 atom stereocenters. The molecule has 196 valence electrons. The second kappa shape index (κ2) is 17.5. The number of carbonyl (C=O) groups excluding carboxylic acids is 4. The maximum Gasteiger partial charge on any atom is 0.338 e. The predicted molar refractivity (Wildman–Crippen MR) is 132 cm³/mol. The van der Waals surface area contributed by atoms with Crippen LogP contribution >= 0.6 is 0 Å². The van der Waals surface area contributed by atoms with Gasteiger partial charge in [0.25, 0.3) is 0 Å². The van der Waals surface area contributed by atoms with E-state index in [4.69, 9.17) is 18.9 Å². The van der Waals surface area contributed by atoms with Gasteiger partial charge in [0.15, 0.2) is 11.5 Å². The molecule has 0 bridgehead atoms. The lowest BCUT2D eigenvalue weighted by atomic mass is 10.1. The largest absolute Gasteiger partial charge is 0.462 e. The van der Waals surface area contributed by atoms with Gasteiger partial charge < -0.3 is 18.9 Å². The first-order valence-electron chi connectivity index (χ1n) is 12.8. The van der Waals surface area contributed by atoms with Gasteiger partial charge in [-0.05, 0) is 38.3 Å². The summed E-state index contributed by atoms with van der Waals surface area (Å²) < 4.78 is 21.6. The number of ether oxygens (including phenoxy) is 4. The number of hydrogen-bond donors (Lipinski definition) is 0. The van der Waals surface area contributed by atoms with Crippen molar-refractivity contribution in [1.29, 1.82) is 0 Å². The molecular weight excluding hydrogens is 452 g/mol. The molecule has 0 saturated carbocycles. The van der Waals surface area contributed by atoms with Crippen molar-refractivity contribution in [3.8, 4) is 17.2 Å². The van der Waals surface area contributed by atoms with Crippen LogP contribution in [0.5, 0.6) is 17.2 Å². The summed E-state index contributed by atoms with van der Waals surface area (Å²) in [4.78, 5) is 49.9. The summed E-state index contributed by atoms with van der Waals surface area (Å²) in [6.07, 6.45) is 7.76. The summed E-state index contributed by atoms with van der Waals surface area (Å²) in [5.74, 6) is -2.80. The molecule has 0 aliphatic carbocycles. The minimum absolute atomic E-state index is 0.0188. The summed E-state index contributed by atoms with van der Waals surface area (Å²) in [6.45, 7) is 7.85. The molecule has 0 amide bonds. The Bertz CT molecular complexity index is 785. The molecule has 0 aliphatic rings. The highest BCUT2D eigenvalue weighted by molar-refractivity contribution is 5.92. The number of hydrogen-bond acceptors (Lipinski definition) is 8. The van der Waals surface area contributed by atoms with Crippen LogP contribution in [0.1, 0.15) is 115 Å². The molecule has 0 heterocycles. The van der Waals surface area contributed by atoms with Crippen LogP contribution in [-0.4, -0.2) is 30.5 Å². The normalized spacial score (nSPS) is 10.5. The molecule has 0 fully saturated rings. The highest BCUT2D eigenvalue weighted by Crippen LogP contribution is 2.40. The van der Waals surface area contributed by atoms with Crippen molar-refractivity contribution in [2.24, 2.45) is 0 Å². The zero-order valence-corrected chi connectivity index (χ0v) is 21.6. The summed E-state index contributed by atoms with van der Waals surface area (Å²) in [5, 5.41) is 0. The van der Waals surface area contributed by atoms with Crippen LogP contribution < -0.4 is 14.2 Å². The third-order valence-corrected chi connectivity index (χ3v) is 5.15. The van der Waals surface area contributed by atoms with E-state index in [1.165, 1.54) is 12.1 Å². The number of benzene rings is 1. The van der Waals surface area contributed by atoms with E-state index in [1.54, 1.807) is 6.92 Å². The van der Waals surface area contributed by atoms with Crippen molar-refractivity contribution in [1.82, 2.24) is 0 Å². The molecule has 8 nitrogen and oxygen atoms in total. The lowest BCUT2D eigenvalue weighted by molar-refractivity contribution is -0.138. The number of rotatable bonds is 17. The monoisotopic (exact) mass is 492 g/mol. The summed E-state index contributed by atoms with van der Waals surface area (Å²) in [6, 6.07) is 2.55. The third kappa shape index (κ3) is 11.9. The smallest absolute Gasteiger partial charge is 0.338 e. The molecule has 35 heavy (non-hydrogen) atoms. The Balaban J connectivity index is 3.34. The van der Waals surface area contributed by atoms with Crippen molar-refractivity contribution >= 4 is 23.9 Å². The van der Waals surface area contributed by atoms with Gasteiger partial charge in [-0.1, -0.05) is 59.3 Å². The lowest BCUT2D eigenvalue weighted by Crippen LogP contribution is -2.16. The van der Waals surface area contributed by atoms with E-state index < -0.39 is 23.9 Å². The molecule has 0 saturated heterocycles. The highest BCUT2D eigenvalue weighted by Gasteiger charge is 2.25. The SMILES string of the molecule is CCCCCC(=O)Oc1cc(C(=O)OCC)cc(OC(=O)CCCCC)c1OC(=O)CCCCC. The lowest BCUT2D eigenvalue weighted by Gasteiger charge is -2.16. The van der Waals surface area contributed by atoms with Crippen molar-refractivity contribution in [3.05, 3.63) is 17.7 Å². The fraction of sp³-hybridized carbons (Fsp3) is 0.630. The molecule has 1 aromatic carbocycles. The molecule has 1 aromatic rings. The number of carbonyl (C=O) groups is 4. The van der Waals surface area contributed by atoms with Crippen molar-refractivity contribution in [2.45, 2.75) is 105 Å². The van der Waals surface area contributed by atoms with Crippen LogP contribution in [0.15, 0.2) is 12.1 Å². The summed E-state index contributed by atoms with van der Waals surface area (Å²) in [7, 11) is 0. The van der Waals surface area contributed by atoms with E-state index in [-0.39, 0.29) is 48.7 Å². The second-order valence-corrected chi connectivity index (χ2v) is 8.32. The first-order valence-corrected chi connectivity index (χ1v) is 12.8. The average Bonchev–Trinajstić information content (AvgIpc) is 2.81. The Hall–Kier alpha value is -2.90. The van der Waals surface area contributed by atoms with Gasteiger partial charge in [-0.15, -0.1) is 0 Å². The van der Waals surface area contributed by atoms with Crippen LogP contribution in [0.4, 0.5) is 0 Å². The van der Waals surface area contributed by atoms with Crippen LogP contribution in [0.25, 0.3) is 0 Å². The summed E-state index contributed by atoms with van der Waals surface area (Å²) in [5.41, 5.74) is 0.0188. The Morgan fingerprint density at radius 3 is 1.37 bits per heavy atom. The molecule has 0 radical (unpaired) electrons. The average molecular weight is 493 g/mol. The van der Waals surface area contributed by atoms with E-state index in [0.717, 1.165) is 38.5 Å². The molecule has 1 rings (SSSR count). The summed E-state index contributed by atoms with van der Waals surface area (Å²) >= 11 is 0. The Kier molecular flexibility index (Phi) is 15.1. The van der Waals surface area contributed by atoms with Crippen LogP contribution in [0, 0.1) is 0 Å². The van der Waals surface area contributed by atoms with E-state index in [2.05, 4.69) is 0 Å². The van der Waals surface area contributed by atoms with Crippen LogP contribution in [0.2, 0.25) is 0 Å². The standard InChI is InChI=1S/C27H40O8/c1-5-9-12-15-23(28)33-21-18-20(27(31)32-8-4)19-22(34-24(29)16-13-10-6-2)26(21)35-25(30)17-14-11-7-3/h18-19H,5-17H2,1-4H3. The quantitative estimate of drug-likeness (QED) is 0.141. The first-order chi connectivity index (χ1) is 16.9. The van der Waals surface area contributed by atoms with Crippen molar-refractivity contribution in [3.63, 3.8) is 0 Å². The molecule has 0 unspecified atom stereocenters. The maximum atomic E-state index is 12.5. The minimum atomic E-state index is -0.681. The molecule has 0 N–H and O–H groups in total. The molecule has 0 aromatic heterocycles. The fourth-order valence-electron chi connectivity index (χ4n) is 3.23. The first kappa shape index (κ1) is 30.1. The van der Waals surface area contributed by atoms with E-state index in [0.29, 0.717) is 19.3 Å². The topological polar surface area (TPSA) is 105 Å². The minimum Gasteiger partial charge on any atom is -0.462 e. The molecule has 0 aliphatic heterocycles. The van der Waals surface area contributed by atoms with Gasteiger partial charge in [0.05, 0.1) is 12.2 Å². The highest BCUT2D eigenvalue weighted by atomic mass is 16.6. The fourth-order valence-corrected chi connectivity index (χ4v) is 3.23. The molecular formula is C27H40O8. The number of esters is 4. The van der Waals surface area contributed by atoms with Gasteiger partial charge in [0.2, 0.25) is 5.75 Å². The third-order valence-electron chi connectivity index (χ3n) is 5.15. The number of unbranched alkanes of at least 4 members (excludes halogenated alkanes) is 6. The van der Waals surface area contributed by atoms with Gasteiger partial charge in [0, 0.05) is 19.3 Å². The maximum absolute atomic E-state index is 12.5. The Morgan fingerprint density at radius 1 is 0.600 bits per heavy atom. The van der Waals surface area contributed by atoms with Crippen LogP contribution in [0.3, 0.4) is 0 Å². The van der Waals surface area contributed by atoms with Gasteiger partial charge in [-0.25, -0.2) is 4.79 Å². The van der Waals surface area contributed by atoms with Gasteiger partial charge in [0.1, 0.15) is 0 Å². The zero-order chi connectivity index (χ0) is 26.1. The van der Waals surface area contributed by atoms with Crippen molar-refractivity contribution < 1.29 is 38.1 Å². The Labute approximate surface area is 208 Å². The second-order valence-electron chi connectivity index (χ2n) is 8.32. The van der Waals surface area contributed by atoms with E-state index in [9.17, 15) is 19.2 Å². The van der Waals surface area contributed by atoms with Gasteiger partial charge >= 0.3 is 23.9 Å². The van der Waals surface area contributed by atoms with Gasteiger partial charge in [-0.2, -0.15) is 0 Å². The van der Waals surface area contributed by atoms with Crippen molar-refractivity contribution in [2.75, 3.05) is 6.61 Å². The van der Waals surface area contributed by atoms with Gasteiger partial charge in [-0.3, -0.25) is 14.4 Å². The van der Waals surface area contributed by atoms with E-state index in [1.807, 2.05) is 20.8 Å². The molecule has 8 heteroatoms. The van der Waals surface area contributed by atoms with Crippen LogP contribution in [-0.2, 0) is 19.1 Å². The Morgan fingerprint density at radius 2 is 1.00 bits per heavy atom. The molecule has 0 spiro atoms.